The van der Waals surface area contributed by atoms with Gasteiger partial charge < -0.3 is 10.2 Å². The number of nitrogens with zero attached hydrogens (tertiary/aromatic N) is 1. The van der Waals surface area contributed by atoms with Crippen LogP contribution in [-0.4, -0.2) is 15.1 Å². The van der Waals surface area contributed by atoms with E-state index in [4.69, 9.17) is 0 Å². The Morgan fingerprint density at radius 2 is 1.62 bits per heavy atom. The van der Waals surface area contributed by atoms with E-state index in [2.05, 4.69) is 0 Å². The van der Waals surface area contributed by atoms with Crippen LogP contribution in [0.3, 0.4) is 0 Å². The molecule has 4 rings (SSSR count). The Labute approximate surface area is 119 Å². The molecule has 3 aromatic rings. The molecule has 0 bridgehead atoms. The van der Waals surface area contributed by atoms with E-state index in [1.807, 2.05) is 18.2 Å². The Balaban J connectivity index is 2.31. The summed E-state index contributed by atoms with van der Waals surface area (Å²) in [4.78, 5) is 10.8. The Morgan fingerprint density at radius 1 is 0.905 bits per heavy atom. The first kappa shape index (κ1) is 12.3. The van der Waals surface area contributed by atoms with Gasteiger partial charge in [0.25, 0.3) is 5.69 Å². The van der Waals surface area contributed by atoms with Crippen LogP contribution in [0.1, 0.15) is 23.3 Å². The summed E-state index contributed by atoms with van der Waals surface area (Å²) in [7, 11) is 0. The molecule has 21 heavy (non-hydrogen) atoms. The van der Waals surface area contributed by atoms with E-state index in [0.717, 1.165) is 10.8 Å². The fourth-order valence-electron chi connectivity index (χ4n) is 3.25. The Kier molecular flexibility index (Phi) is 2.34. The van der Waals surface area contributed by atoms with Crippen LogP contribution >= 0.6 is 0 Å². The van der Waals surface area contributed by atoms with Crippen molar-refractivity contribution >= 4 is 27.2 Å². The van der Waals surface area contributed by atoms with Crippen LogP contribution in [0.5, 0.6) is 0 Å². The molecule has 0 amide bonds. The van der Waals surface area contributed by atoms with Gasteiger partial charge in [-0.1, -0.05) is 24.3 Å². The minimum Gasteiger partial charge on any atom is -0.385 e. The second-order valence-electron chi connectivity index (χ2n) is 5.25. The molecule has 0 radical (unpaired) electrons. The van der Waals surface area contributed by atoms with Crippen molar-refractivity contribution in [1.82, 2.24) is 0 Å². The van der Waals surface area contributed by atoms with Crippen molar-refractivity contribution in [3.05, 3.63) is 63.7 Å². The maximum absolute atomic E-state index is 11.2. The van der Waals surface area contributed by atoms with Crippen LogP contribution in [0.25, 0.3) is 21.5 Å². The lowest BCUT2D eigenvalue weighted by atomic mass is 9.82. The lowest BCUT2D eigenvalue weighted by Gasteiger charge is -2.27. The minimum atomic E-state index is -1.08. The summed E-state index contributed by atoms with van der Waals surface area (Å²) >= 11 is 0. The first-order valence-corrected chi connectivity index (χ1v) is 6.58. The van der Waals surface area contributed by atoms with Crippen molar-refractivity contribution in [3.63, 3.8) is 0 Å². The van der Waals surface area contributed by atoms with Crippen molar-refractivity contribution in [3.8, 4) is 0 Å². The van der Waals surface area contributed by atoms with Gasteiger partial charge in [0, 0.05) is 11.5 Å². The van der Waals surface area contributed by atoms with E-state index in [-0.39, 0.29) is 5.69 Å². The molecule has 0 fully saturated rings. The molecule has 0 spiro atoms. The molecule has 1 aliphatic rings. The molecule has 0 aromatic heterocycles. The van der Waals surface area contributed by atoms with Crippen LogP contribution in [0, 0.1) is 10.1 Å². The lowest BCUT2D eigenvalue weighted by Crippen LogP contribution is -2.15. The van der Waals surface area contributed by atoms with E-state index in [0.29, 0.717) is 21.9 Å². The molecular weight excluding hydrogens is 270 g/mol. The van der Waals surface area contributed by atoms with Gasteiger partial charge in [-0.2, -0.15) is 0 Å². The monoisotopic (exact) mass is 281 g/mol. The number of rotatable bonds is 1. The van der Waals surface area contributed by atoms with Crippen molar-refractivity contribution in [2.75, 3.05) is 0 Å². The molecule has 5 nitrogen and oxygen atoms in total. The van der Waals surface area contributed by atoms with Gasteiger partial charge in [-0.15, -0.1) is 0 Å². The average molecular weight is 281 g/mol. The summed E-state index contributed by atoms with van der Waals surface area (Å²) in [5.41, 5.74) is 1.15. The molecule has 2 atom stereocenters. The van der Waals surface area contributed by atoms with Gasteiger partial charge in [-0.3, -0.25) is 10.1 Å². The largest absolute Gasteiger partial charge is 0.385 e. The fraction of sp³-hybridized carbons (Fsp3) is 0.125. The van der Waals surface area contributed by atoms with Gasteiger partial charge >= 0.3 is 0 Å². The van der Waals surface area contributed by atoms with Gasteiger partial charge in [0.15, 0.2) is 0 Å². The molecular formula is C16H11NO4. The summed E-state index contributed by atoms with van der Waals surface area (Å²) in [5, 5.41) is 34.6. The highest BCUT2D eigenvalue weighted by molar-refractivity contribution is 6.14. The average Bonchev–Trinajstić information content (AvgIpc) is 2.50. The molecule has 2 N–H and O–H groups in total. The number of hydrogen-bond donors (Lipinski definition) is 2. The van der Waals surface area contributed by atoms with Gasteiger partial charge in [0.05, 0.1) is 10.3 Å². The number of hydrogen-bond acceptors (Lipinski definition) is 4. The molecule has 0 aliphatic heterocycles. The Bertz CT molecular complexity index is 919. The maximum atomic E-state index is 11.2. The van der Waals surface area contributed by atoms with Gasteiger partial charge in [-0.05, 0) is 34.0 Å². The van der Waals surface area contributed by atoms with Gasteiger partial charge in [0.1, 0.15) is 12.2 Å². The van der Waals surface area contributed by atoms with Crippen LogP contribution in [-0.2, 0) is 0 Å². The fourth-order valence-corrected chi connectivity index (χ4v) is 3.25. The van der Waals surface area contributed by atoms with E-state index in [1.165, 1.54) is 12.1 Å². The summed E-state index contributed by atoms with van der Waals surface area (Å²) in [6.45, 7) is 0. The van der Waals surface area contributed by atoms with E-state index >= 15 is 0 Å². The molecule has 0 saturated carbocycles. The quantitative estimate of drug-likeness (QED) is 0.408. The number of aliphatic hydroxyl groups is 2. The Morgan fingerprint density at radius 3 is 2.33 bits per heavy atom. The second kappa shape index (κ2) is 4.00. The van der Waals surface area contributed by atoms with Crippen molar-refractivity contribution in [1.29, 1.82) is 0 Å². The molecule has 0 unspecified atom stereocenters. The van der Waals surface area contributed by atoms with E-state index < -0.39 is 17.1 Å². The maximum Gasteiger partial charge on any atom is 0.277 e. The highest BCUT2D eigenvalue weighted by atomic mass is 16.6. The smallest absolute Gasteiger partial charge is 0.277 e. The SMILES string of the molecule is O=[N+]([O-])c1ccc2c3c1ccc1cccc(c13)[C@H](O)[C@@H]2O. The first-order valence-electron chi connectivity index (χ1n) is 6.58. The summed E-state index contributed by atoms with van der Waals surface area (Å²) in [5.74, 6) is 0. The van der Waals surface area contributed by atoms with Gasteiger partial charge in [0.2, 0.25) is 0 Å². The highest BCUT2D eigenvalue weighted by Crippen LogP contribution is 2.46. The second-order valence-corrected chi connectivity index (χ2v) is 5.25. The molecule has 3 aromatic carbocycles. The van der Waals surface area contributed by atoms with Gasteiger partial charge in [-0.25, -0.2) is 0 Å². The van der Waals surface area contributed by atoms with Crippen molar-refractivity contribution in [2.45, 2.75) is 12.2 Å². The summed E-state index contributed by atoms with van der Waals surface area (Å²) < 4.78 is 0. The van der Waals surface area contributed by atoms with Crippen LogP contribution in [0.4, 0.5) is 5.69 Å². The third-order valence-corrected chi connectivity index (χ3v) is 4.20. The van der Waals surface area contributed by atoms with E-state index in [1.54, 1.807) is 12.1 Å². The zero-order valence-corrected chi connectivity index (χ0v) is 10.9. The third-order valence-electron chi connectivity index (χ3n) is 4.20. The third kappa shape index (κ3) is 1.47. The zero-order chi connectivity index (χ0) is 14.7. The first-order chi connectivity index (χ1) is 10.1. The van der Waals surface area contributed by atoms with Crippen molar-refractivity contribution < 1.29 is 15.1 Å². The topological polar surface area (TPSA) is 83.6 Å². The predicted octanol–water partition coefficient (Wildman–Crippen LogP) is 2.98. The van der Waals surface area contributed by atoms with E-state index in [9.17, 15) is 20.3 Å². The standard InChI is InChI=1S/C16H11NO4/c18-15-10-3-1-2-8-4-5-9-12(17(20)21)7-6-11(16(15)19)14(9)13(8)10/h1-7,15-16,18-19H/t15-,16+/m0/s1. The molecule has 1 aliphatic carbocycles. The molecule has 104 valence electrons. The zero-order valence-electron chi connectivity index (χ0n) is 10.9. The number of benzene rings is 3. The number of aliphatic hydroxyl groups excluding tert-OH is 2. The lowest BCUT2D eigenvalue weighted by molar-refractivity contribution is -0.383. The Hall–Kier alpha value is -2.50. The number of nitro groups is 1. The summed E-state index contributed by atoms with van der Waals surface area (Å²) in [6, 6.07) is 11.9. The molecule has 0 saturated heterocycles. The van der Waals surface area contributed by atoms with Crippen LogP contribution in [0.15, 0.2) is 42.5 Å². The highest BCUT2D eigenvalue weighted by Gasteiger charge is 2.31. The number of nitro benzene ring substituents is 1. The minimum absolute atomic E-state index is 0.00837. The van der Waals surface area contributed by atoms with Crippen LogP contribution < -0.4 is 0 Å². The van der Waals surface area contributed by atoms with Crippen molar-refractivity contribution in [2.24, 2.45) is 0 Å². The molecule has 0 heterocycles. The molecule has 5 heteroatoms. The number of non-ortho nitro benzene ring substituents is 1. The summed E-state index contributed by atoms with van der Waals surface area (Å²) in [6.07, 6.45) is -2.10. The normalized spacial score (nSPS) is 20.3. The predicted molar refractivity (Wildman–Crippen MR) is 78.0 cm³/mol. The van der Waals surface area contributed by atoms with Crippen LogP contribution in [0.2, 0.25) is 0 Å².